The number of fused-ring (bicyclic) bond motifs is 7. The van der Waals surface area contributed by atoms with Crippen molar-refractivity contribution in [2.75, 3.05) is 70.0 Å². The Bertz CT molecular complexity index is 2700. The minimum absolute atomic E-state index is 0.0160. The second-order valence-electron chi connectivity index (χ2n) is 15.4. The maximum absolute atomic E-state index is 13.4. The molecule has 8 rings (SSSR count). The molecule has 15 nitrogen and oxygen atoms in total. The maximum Gasteiger partial charge on any atom is 0.340 e. The van der Waals surface area contributed by atoms with Crippen molar-refractivity contribution in [3.63, 3.8) is 0 Å². The Morgan fingerprint density at radius 2 is 1.37 bits per heavy atom. The van der Waals surface area contributed by atoms with E-state index in [2.05, 4.69) is 75.7 Å². The van der Waals surface area contributed by atoms with Gasteiger partial charge in [0.1, 0.15) is 28.7 Å². The molecule has 3 aliphatic heterocycles. The third-order valence-electron chi connectivity index (χ3n) is 10.8. The molecule has 3 aliphatic rings. The van der Waals surface area contributed by atoms with Crippen LogP contribution < -0.4 is 30.7 Å². The number of thiocarbonyl (C=S) groups is 1. The fourth-order valence-electron chi connectivity index (χ4n) is 7.74. The zero-order chi connectivity index (χ0) is 47.1. The summed E-state index contributed by atoms with van der Waals surface area (Å²) in [6, 6.07) is 24.0. The van der Waals surface area contributed by atoms with Crippen molar-refractivity contribution in [3.05, 3.63) is 131 Å². The summed E-state index contributed by atoms with van der Waals surface area (Å²) in [5, 5.41) is 32.7. The lowest BCUT2D eigenvalue weighted by Crippen LogP contribution is -2.33. The van der Waals surface area contributed by atoms with Gasteiger partial charge in [-0.15, -0.1) is 0 Å². The number of anilines is 2. The van der Waals surface area contributed by atoms with Gasteiger partial charge >= 0.3 is 5.97 Å². The van der Waals surface area contributed by atoms with Gasteiger partial charge < -0.3 is 59.9 Å². The Kier molecular flexibility index (Phi) is 15.7. The number of halogens is 3. The molecule has 0 unspecified atom stereocenters. The molecular formula is C48H43Br2IN4O11S. The number of aromatic hydroxyl groups is 2. The summed E-state index contributed by atoms with van der Waals surface area (Å²) >= 11 is 14.8. The molecule has 2 amide bonds. The number of rotatable bonds is 19. The molecule has 0 aromatic heterocycles. The van der Waals surface area contributed by atoms with Gasteiger partial charge in [-0.3, -0.25) is 9.59 Å². The molecule has 1 spiro atoms. The fourth-order valence-corrected chi connectivity index (χ4v) is 9.90. The molecule has 5 aromatic carbocycles. The first kappa shape index (κ1) is 48.2. The molecular weight excluding hydrogens is 1130 g/mol. The Balaban J connectivity index is 0.658. The number of esters is 1. The molecule has 0 bridgehead atoms. The van der Waals surface area contributed by atoms with Gasteiger partial charge in [-0.25, -0.2) is 4.79 Å². The van der Waals surface area contributed by atoms with E-state index in [4.69, 9.17) is 40.6 Å². The average Bonchev–Trinajstić information content (AvgIpc) is 3.75. The minimum Gasteiger partial charge on any atom is -0.508 e. The predicted molar refractivity (Wildman–Crippen MR) is 270 cm³/mol. The highest BCUT2D eigenvalue weighted by Gasteiger charge is 2.53. The number of carbonyl (C=O) groups is 3. The summed E-state index contributed by atoms with van der Waals surface area (Å²) < 4.78 is 37.1. The lowest BCUT2D eigenvalue weighted by molar-refractivity contribution is -0.123. The second kappa shape index (κ2) is 21.8. The van der Waals surface area contributed by atoms with Gasteiger partial charge in [0.2, 0.25) is 0 Å². The molecule has 0 fully saturated rings. The van der Waals surface area contributed by atoms with Crippen molar-refractivity contribution in [2.45, 2.75) is 18.4 Å². The Morgan fingerprint density at radius 1 is 0.761 bits per heavy atom. The maximum atomic E-state index is 13.4. The third-order valence-corrected chi connectivity index (χ3v) is 12.9. The smallest absolute Gasteiger partial charge is 0.340 e. The van der Waals surface area contributed by atoms with E-state index < -0.39 is 11.6 Å². The summed E-state index contributed by atoms with van der Waals surface area (Å²) in [5.41, 5.74) is 4.27. The van der Waals surface area contributed by atoms with Crippen LogP contribution in [0.15, 0.2) is 93.9 Å². The first-order chi connectivity index (χ1) is 32.4. The van der Waals surface area contributed by atoms with E-state index in [1.165, 1.54) is 24.3 Å². The highest BCUT2D eigenvalue weighted by atomic mass is 127. The van der Waals surface area contributed by atoms with Gasteiger partial charge in [0.15, 0.2) is 17.3 Å². The van der Waals surface area contributed by atoms with Crippen molar-refractivity contribution < 1.29 is 53.0 Å². The zero-order valence-corrected chi connectivity index (χ0v) is 41.7. The molecule has 6 N–H and O–H groups in total. The van der Waals surface area contributed by atoms with E-state index in [9.17, 15) is 24.6 Å². The molecule has 0 saturated carbocycles. The molecule has 348 valence electrons. The van der Waals surface area contributed by atoms with Crippen LogP contribution in [-0.4, -0.2) is 92.4 Å². The van der Waals surface area contributed by atoms with Crippen LogP contribution in [-0.2, 0) is 34.1 Å². The van der Waals surface area contributed by atoms with E-state index in [0.717, 1.165) is 20.4 Å². The van der Waals surface area contributed by atoms with Crippen LogP contribution in [0.25, 0.3) is 11.6 Å². The number of phenolic OH excluding ortho intramolecular Hbond substituents is 2. The van der Waals surface area contributed by atoms with Crippen LogP contribution in [0.4, 0.5) is 11.4 Å². The van der Waals surface area contributed by atoms with Gasteiger partial charge in [-0.05, 0) is 158 Å². The SMILES string of the molecule is O=C(COc1c(Br)cc(/C=C2\C(=O)Nc3ccc(I)cc32)cc1Br)NCCCOCCOCCOCCCNC(=S)Nc1ccc2c(c1)C(=O)OC21c2ccc(O)cc2Oc2cc(O)ccc21. The zero-order valence-electron chi connectivity index (χ0n) is 35.5. The Morgan fingerprint density at radius 3 is 2.03 bits per heavy atom. The van der Waals surface area contributed by atoms with Gasteiger partial charge in [-0.1, -0.05) is 6.07 Å². The highest BCUT2D eigenvalue weighted by molar-refractivity contribution is 14.1. The molecule has 0 radical (unpaired) electrons. The van der Waals surface area contributed by atoms with E-state index >= 15 is 0 Å². The number of hydrogen-bond donors (Lipinski definition) is 6. The molecule has 3 heterocycles. The second-order valence-corrected chi connectivity index (χ2v) is 18.7. The molecule has 19 heteroatoms. The van der Waals surface area contributed by atoms with Crippen molar-refractivity contribution >= 4 is 113 Å². The fraction of sp³-hybridized carbons (Fsp3) is 0.250. The van der Waals surface area contributed by atoms with E-state index in [0.29, 0.717) is 130 Å². The van der Waals surface area contributed by atoms with E-state index in [1.54, 1.807) is 30.3 Å². The summed E-state index contributed by atoms with van der Waals surface area (Å²) in [6.07, 6.45) is 3.13. The van der Waals surface area contributed by atoms with Crippen molar-refractivity contribution in [2.24, 2.45) is 0 Å². The minimum atomic E-state index is -1.34. The van der Waals surface area contributed by atoms with Crippen LogP contribution in [0.1, 0.15) is 51.0 Å². The van der Waals surface area contributed by atoms with Crippen LogP contribution in [0.5, 0.6) is 28.7 Å². The standard InChI is InChI=1S/C48H43Br2IN4O11S/c49-38-20-27(19-33-32-22-28(51)3-10-40(32)55-45(33)59)21-39(50)44(38)64-26-43(58)52-11-1-13-61-15-17-63-18-16-62-14-2-12-53-47(67)54-29-4-7-35-34(23-29)46(60)66-48(35)36-8-5-30(56)24-41(36)65-42-25-31(57)6-9-37(42)48/h3-10,19-25,56-57H,1-2,11-18,26H2,(H,52,58)(H,55,59)(H2,53,54,67)/b33-19-. The molecule has 5 aromatic rings. The molecule has 0 aliphatic carbocycles. The van der Waals surface area contributed by atoms with Crippen molar-refractivity contribution in [1.82, 2.24) is 10.6 Å². The largest absolute Gasteiger partial charge is 0.508 e. The van der Waals surface area contributed by atoms with Gasteiger partial charge in [-0.2, -0.15) is 0 Å². The van der Waals surface area contributed by atoms with Gasteiger partial charge in [0, 0.05) is 81.2 Å². The number of hydrogen-bond acceptors (Lipinski definition) is 12. The molecule has 67 heavy (non-hydrogen) atoms. The summed E-state index contributed by atoms with van der Waals surface area (Å²) in [4.78, 5) is 38.5. The first-order valence-electron chi connectivity index (χ1n) is 21.1. The Labute approximate surface area is 421 Å². The summed E-state index contributed by atoms with van der Waals surface area (Å²) in [6.45, 7) is 3.44. The number of amides is 2. The predicted octanol–water partition coefficient (Wildman–Crippen LogP) is 8.60. The highest BCUT2D eigenvalue weighted by Crippen LogP contribution is 2.57. The number of nitrogens with one attached hydrogen (secondary N) is 4. The monoisotopic (exact) mass is 1170 g/mol. The molecule has 0 saturated heterocycles. The number of benzene rings is 5. The normalized spacial score (nSPS) is 14.3. The topological polar surface area (TPSA) is 195 Å². The molecule has 0 atom stereocenters. The van der Waals surface area contributed by atoms with Crippen molar-refractivity contribution in [3.8, 4) is 28.7 Å². The van der Waals surface area contributed by atoms with E-state index in [-0.39, 0.29) is 29.9 Å². The van der Waals surface area contributed by atoms with Crippen LogP contribution in [0, 0.1) is 3.57 Å². The van der Waals surface area contributed by atoms with Crippen molar-refractivity contribution in [1.29, 1.82) is 0 Å². The van der Waals surface area contributed by atoms with Crippen LogP contribution in [0.3, 0.4) is 0 Å². The number of carbonyl (C=O) groups excluding carboxylic acids is 3. The Hall–Kier alpha value is -5.29. The van der Waals surface area contributed by atoms with Gasteiger partial charge in [0.05, 0.1) is 40.9 Å². The number of phenols is 2. The van der Waals surface area contributed by atoms with Gasteiger partial charge in [0.25, 0.3) is 11.8 Å². The van der Waals surface area contributed by atoms with E-state index in [1.807, 2.05) is 36.4 Å². The summed E-state index contributed by atoms with van der Waals surface area (Å²) in [5.74, 6) is 0.0983. The van der Waals surface area contributed by atoms with Crippen LogP contribution >= 0.6 is 66.7 Å². The lowest BCUT2D eigenvalue weighted by Gasteiger charge is -2.36. The quantitative estimate of drug-likeness (QED) is 0.0151. The van der Waals surface area contributed by atoms with Crippen LogP contribution in [0.2, 0.25) is 0 Å². The number of ether oxygens (including phenoxy) is 6. The average molecular weight is 1170 g/mol. The third kappa shape index (κ3) is 11.2. The first-order valence-corrected chi connectivity index (χ1v) is 24.2. The lowest BCUT2D eigenvalue weighted by atomic mass is 9.77. The summed E-state index contributed by atoms with van der Waals surface area (Å²) in [7, 11) is 0.